The Labute approximate surface area is 209 Å². The molecule has 1 aromatic rings. The monoisotopic (exact) mass is 496 g/mol. The Morgan fingerprint density at radius 1 is 1.03 bits per heavy atom. The van der Waals surface area contributed by atoms with Crippen molar-refractivity contribution in [1.29, 1.82) is 0 Å². The minimum absolute atomic E-state index is 0.00464. The molecule has 1 aliphatic rings. The quantitative estimate of drug-likeness (QED) is 0.264. The van der Waals surface area contributed by atoms with Gasteiger partial charge in [-0.3, -0.25) is 4.79 Å². The number of hydrogen-bond acceptors (Lipinski definition) is 7. The third kappa shape index (κ3) is 12.3. The first-order valence-corrected chi connectivity index (χ1v) is 12.7. The van der Waals surface area contributed by atoms with Crippen molar-refractivity contribution >= 4 is 11.9 Å². The van der Waals surface area contributed by atoms with E-state index in [0.29, 0.717) is 59.2 Å². The third-order valence-corrected chi connectivity index (χ3v) is 5.78. The van der Waals surface area contributed by atoms with Crippen molar-refractivity contribution in [3.63, 3.8) is 0 Å². The van der Waals surface area contributed by atoms with Gasteiger partial charge in [0.05, 0.1) is 57.9 Å². The highest BCUT2D eigenvalue weighted by atomic mass is 16.5. The predicted octanol–water partition coefficient (Wildman–Crippen LogP) is 1.76. The standard InChI is InChI=1S/C24H44N6O5/c1-19-20(27-23(32)26-19)8-6-5-7-9-22(31)25-10-12-33-14-16-35-17-15-34-13-11-30-18-21(28-29-30)24(2,3)4/h18-20H,5-17H2,1-4H3,(H,25,31)(H2,26,27,32)/t19-,20+/m0/s1. The Kier molecular flexibility index (Phi) is 13.0. The van der Waals surface area contributed by atoms with Gasteiger partial charge in [0.15, 0.2) is 0 Å². The van der Waals surface area contributed by atoms with Gasteiger partial charge in [-0.25, -0.2) is 9.48 Å². The van der Waals surface area contributed by atoms with Gasteiger partial charge in [0, 0.05) is 30.6 Å². The van der Waals surface area contributed by atoms with E-state index in [0.717, 1.165) is 31.4 Å². The first-order chi connectivity index (χ1) is 16.8. The Bertz CT molecular complexity index is 751. The molecular formula is C24H44N6O5. The maximum atomic E-state index is 11.9. The van der Waals surface area contributed by atoms with E-state index in [-0.39, 0.29) is 29.4 Å². The smallest absolute Gasteiger partial charge is 0.315 e. The first kappa shape index (κ1) is 29.0. The summed E-state index contributed by atoms with van der Waals surface area (Å²) >= 11 is 0. The number of rotatable bonds is 18. The predicted molar refractivity (Wildman–Crippen MR) is 132 cm³/mol. The fourth-order valence-corrected chi connectivity index (χ4v) is 3.59. The molecule has 200 valence electrons. The van der Waals surface area contributed by atoms with Gasteiger partial charge in [0.2, 0.25) is 5.91 Å². The second-order valence-corrected chi connectivity index (χ2v) is 9.92. The highest BCUT2D eigenvalue weighted by Crippen LogP contribution is 2.18. The molecule has 0 unspecified atom stereocenters. The molecular weight excluding hydrogens is 452 g/mol. The maximum Gasteiger partial charge on any atom is 0.315 e. The number of hydrogen-bond donors (Lipinski definition) is 3. The van der Waals surface area contributed by atoms with E-state index in [1.807, 2.05) is 13.1 Å². The molecule has 11 nitrogen and oxygen atoms in total. The zero-order valence-electron chi connectivity index (χ0n) is 21.8. The van der Waals surface area contributed by atoms with Crippen LogP contribution in [-0.4, -0.2) is 85.2 Å². The van der Waals surface area contributed by atoms with Crippen LogP contribution in [0.1, 0.15) is 65.5 Å². The SMILES string of the molecule is C[C@@H]1NC(=O)N[C@@H]1CCCCCC(=O)NCCOCCOCCOCCn1cc(C(C)(C)C)nn1. The number of amides is 3. The van der Waals surface area contributed by atoms with Crippen LogP contribution in [0.5, 0.6) is 0 Å². The Morgan fingerprint density at radius 3 is 2.34 bits per heavy atom. The molecule has 1 aromatic heterocycles. The first-order valence-electron chi connectivity index (χ1n) is 12.7. The van der Waals surface area contributed by atoms with Crippen LogP contribution in [0.25, 0.3) is 0 Å². The molecule has 0 radical (unpaired) electrons. The summed E-state index contributed by atoms with van der Waals surface area (Å²) in [7, 11) is 0. The summed E-state index contributed by atoms with van der Waals surface area (Å²) in [4.78, 5) is 23.1. The minimum atomic E-state index is -0.0881. The van der Waals surface area contributed by atoms with Crippen molar-refractivity contribution in [3.05, 3.63) is 11.9 Å². The molecule has 0 bridgehead atoms. The fourth-order valence-electron chi connectivity index (χ4n) is 3.59. The molecule has 0 aliphatic carbocycles. The number of nitrogens with one attached hydrogen (secondary N) is 3. The van der Waals surface area contributed by atoms with E-state index in [1.54, 1.807) is 4.68 Å². The second kappa shape index (κ2) is 15.7. The number of ether oxygens (including phenoxy) is 3. The van der Waals surface area contributed by atoms with Crippen molar-refractivity contribution in [2.24, 2.45) is 0 Å². The molecule has 3 amide bonds. The van der Waals surface area contributed by atoms with Crippen LogP contribution in [0.15, 0.2) is 6.20 Å². The summed E-state index contributed by atoms with van der Waals surface area (Å²) < 4.78 is 18.3. The number of nitrogens with zero attached hydrogens (tertiary/aromatic N) is 3. The lowest BCUT2D eigenvalue weighted by atomic mass is 9.93. The zero-order chi connectivity index (χ0) is 25.5. The van der Waals surface area contributed by atoms with Gasteiger partial charge in [0.25, 0.3) is 0 Å². The van der Waals surface area contributed by atoms with Crippen LogP contribution < -0.4 is 16.0 Å². The van der Waals surface area contributed by atoms with E-state index >= 15 is 0 Å². The van der Waals surface area contributed by atoms with E-state index < -0.39 is 0 Å². The van der Waals surface area contributed by atoms with E-state index in [2.05, 4.69) is 47.0 Å². The zero-order valence-corrected chi connectivity index (χ0v) is 21.8. The highest BCUT2D eigenvalue weighted by molar-refractivity contribution is 5.77. The van der Waals surface area contributed by atoms with Crippen molar-refractivity contribution in [3.8, 4) is 0 Å². The molecule has 2 heterocycles. The van der Waals surface area contributed by atoms with Gasteiger partial charge in [-0.05, 0) is 19.8 Å². The van der Waals surface area contributed by atoms with Crippen molar-refractivity contribution in [2.45, 2.75) is 83.8 Å². The number of urea groups is 1. The molecule has 1 fully saturated rings. The van der Waals surface area contributed by atoms with E-state index in [4.69, 9.17) is 14.2 Å². The highest BCUT2D eigenvalue weighted by Gasteiger charge is 2.26. The number of carbonyl (C=O) groups excluding carboxylic acids is 2. The minimum Gasteiger partial charge on any atom is -0.377 e. The normalized spacial score (nSPS) is 17.9. The molecule has 1 saturated heterocycles. The average molecular weight is 497 g/mol. The van der Waals surface area contributed by atoms with Gasteiger partial charge in [-0.1, -0.05) is 38.8 Å². The molecule has 0 spiro atoms. The van der Waals surface area contributed by atoms with Crippen LogP contribution in [-0.2, 0) is 31.0 Å². The molecule has 2 rings (SSSR count). The Morgan fingerprint density at radius 2 is 1.71 bits per heavy atom. The molecule has 0 saturated carbocycles. The number of aromatic nitrogens is 3. The van der Waals surface area contributed by atoms with Crippen LogP contribution >= 0.6 is 0 Å². The van der Waals surface area contributed by atoms with E-state index in [9.17, 15) is 9.59 Å². The lowest BCUT2D eigenvalue weighted by Gasteiger charge is -2.13. The Hall–Kier alpha value is -2.24. The topological polar surface area (TPSA) is 129 Å². The van der Waals surface area contributed by atoms with Gasteiger partial charge in [0.1, 0.15) is 0 Å². The molecule has 2 atom stereocenters. The van der Waals surface area contributed by atoms with Crippen molar-refractivity contribution in [1.82, 2.24) is 30.9 Å². The lowest BCUT2D eigenvalue weighted by molar-refractivity contribution is -0.121. The van der Waals surface area contributed by atoms with E-state index in [1.165, 1.54) is 0 Å². The summed E-state index contributed by atoms with van der Waals surface area (Å²) in [6.07, 6.45) is 6.23. The largest absolute Gasteiger partial charge is 0.377 e. The summed E-state index contributed by atoms with van der Waals surface area (Å²) in [5.74, 6) is 0.0479. The molecule has 35 heavy (non-hydrogen) atoms. The summed E-state index contributed by atoms with van der Waals surface area (Å²) in [6.45, 7) is 12.5. The number of unbranched alkanes of at least 4 members (excludes halogenated alkanes) is 2. The second-order valence-electron chi connectivity index (χ2n) is 9.92. The molecule has 11 heteroatoms. The Balaban J connectivity index is 1.31. The van der Waals surface area contributed by atoms with Crippen molar-refractivity contribution < 1.29 is 23.8 Å². The van der Waals surface area contributed by atoms with Gasteiger partial charge in [-0.2, -0.15) is 0 Å². The van der Waals surface area contributed by atoms with Gasteiger partial charge < -0.3 is 30.2 Å². The van der Waals surface area contributed by atoms with Crippen LogP contribution in [0.4, 0.5) is 4.79 Å². The van der Waals surface area contributed by atoms with Crippen molar-refractivity contribution in [2.75, 3.05) is 46.2 Å². The van der Waals surface area contributed by atoms with Crippen LogP contribution in [0.3, 0.4) is 0 Å². The van der Waals surface area contributed by atoms with Crippen LogP contribution in [0, 0.1) is 0 Å². The maximum absolute atomic E-state index is 11.9. The average Bonchev–Trinajstić information content (AvgIpc) is 3.40. The summed E-state index contributed by atoms with van der Waals surface area (Å²) in [5.41, 5.74) is 0.964. The van der Waals surface area contributed by atoms with Gasteiger partial charge >= 0.3 is 6.03 Å². The van der Waals surface area contributed by atoms with Gasteiger partial charge in [-0.15, -0.1) is 5.10 Å². The lowest BCUT2D eigenvalue weighted by Crippen LogP contribution is -2.30. The fraction of sp³-hybridized carbons (Fsp3) is 0.833. The van der Waals surface area contributed by atoms with Crippen LogP contribution in [0.2, 0.25) is 0 Å². The molecule has 1 aliphatic heterocycles. The molecule has 3 N–H and O–H groups in total. The molecule has 0 aromatic carbocycles. The summed E-state index contributed by atoms with van der Waals surface area (Å²) in [5, 5.41) is 16.9. The third-order valence-electron chi connectivity index (χ3n) is 5.78. The summed E-state index contributed by atoms with van der Waals surface area (Å²) in [6, 6.07) is 0.274. The number of carbonyl (C=O) groups is 2.